The van der Waals surface area contributed by atoms with Gasteiger partial charge in [0.15, 0.2) is 0 Å². The Morgan fingerprint density at radius 2 is 2.18 bits per heavy atom. The molecule has 0 bridgehead atoms. The van der Waals surface area contributed by atoms with E-state index in [0.717, 1.165) is 12.3 Å². The summed E-state index contributed by atoms with van der Waals surface area (Å²) in [5, 5.41) is 9.95. The van der Waals surface area contributed by atoms with Crippen LogP contribution in [0, 0.1) is 5.41 Å². The van der Waals surface area contributed by atoms with Gasteiger partial charge in [-0.3, -0.25) is 19.5 Å². The Balaban J connectivity index is 2.68. The molecule has 0 aromatic carbocycles. The highest BCUT2D eigenvalue weighted by atomic mass is 32.2. The second-order valence-electron chi connectivity index (χ2n) is 4.50. The van der Waals surface area contributed by atoms with Gasteiger partial charge in [-0.2, -0.15) is 11.8 Å². The summed E-state index contributed by atoms with van der Waals surface area (Å²) in [5.74, 6) is 0.410. The van der Waals surface area contributed by atoms with Gasteiger partial charge >= 0.3 is 0 Å². The van der Waals surface area contributed by atoms with Crippen LogP contribution < -0.4 is 16.0 Å². The minimum absolute atomic E-state index is 0.238. The highest BCUT2D eigenvalue weighted by molar-refractivity contribution is 7.99. The van der Waals surface area contributed by atoms with Crippen LogP contribution in [0.15, 0.2) is 24.5 Å². The van der Waals surface area contributed by atoms with E-state index in [1.54, 1.807) is 24.5 Å². The van der Waals surface area contributed by atoms with Crippen molar-refractivity contribution in [1.82, 2.24) is 10.3 Å². The highest BCUT2D eigenvalue weighted by Gasteiger charge is 2.27. The number of nitrogens with zero attached hydrogens (tertiary/aromatic N) is 2. The first-order valence-corrected chi connectivity index (χ1v) is 8.00. The van der Waals surface area contributed by atoms with E-state index >= 15 is 0 Å². The van der Waals surface area contributed by atoms with Crippen molar-refractivity contribution in [1.29, 1.82) is 5.41 Å². The number of thioether (sulfide) groups is 1. The van der Waals surface area contributed by atoms with Crippen molar-refractivity contribution in [2.75, 3.05) is 29.5 Å². The Hall–Kier alpha value is -1.93. The molecule has 0 aliphatic carbocycles. The molecule has 0 radical (unpaired) electrons. The van der Waals surface area contributed by atoms with Gasteiger partial charge in [-0.1, -0.05) is 0 Å². The Morgan fingerprint density at radius 3 is 2.73 bits per heavy atom. The third-order valence-electron chi connectivity index (χ3n) is 2.87. The molecule has 0 unspecified atom stereocenters. The predicted octanol–water partition coefficient (Wildman–Crippen LogP) is 0.261. The van der Waals surface area contributed by atoms with E-state index in [0.29, 0.717) is 18.0 Å². The van der Waals surface area contributed by atoms with Crippen molar-refractivity contribution in [3.63, 3.8) is 0 Å². The molecule has 1 rings (SSSR count). The van der Waals surface area contributed by atoms with Crippen LogP contribution in [0.4, 0.5) is 5.69 Å². The zero-order valence-corrected chi connectivity index (χ0v) is 13.3. The molecule has 0 fully saturated rings. The van der Waals surface area contributed by atoms with Gasteiger partial charge in [0.1, 0.15) is 6.04 Å². The smallest absolute Gasteiger partial charge is 0.241 e. The summed E-state index contributed by atoms with van der Waals surface area (Å²) in [6.45, 7) is 2.66. The van der Waals surface area contributed by atoms with Gasteiger partial charge in [-0.05, 0) is 12.1 Å². The number of carbonyl (C=O) groups is 2. The first kappa shape index (κ1) is 18.1. The van der Waals surface area contributed by atoms with Gasteiger partial charge in [0.25, 0.3) is 0 Å². The molecule has 7 nitrogen and oxygen atoms in total. The van der Waals surface area contributed by atoms with Crippen LogP contribution in [0.25, 0.3) is 0 Å². The molecule has 1 heterocycles. The lowest BCUT2D eigenvalue weighted by molar-refractivity contribution is -0.123. The molecule has 2 amide bonds. The average molecular weight is 323 g/mol. The van der Waals surface area contributed by atoms with E-state index < -0.39 is 11.9 Å². The molecule has 1 atom stereocenters. The Bertz CT molecular complexity index is 497. The number of pyridine rings is 1. The normalized spacial score (nSPS) is 11.7. The zero-order chi connectivity index (χ0) is 16.4. The van der Waals surface area contributed by atoms with Gasteiger partial charge in [-0.15, -0.1) is 0 Å². The van der Waals surface area contributed by atoms with Gasteiger partial charge in [0, 0.05) is 55.8 Å². The van der Waals surface area contributed by atoms with Crippen LogP contribution in [0.3, 0.4) is 0 Å². The number of hydrogen-bond donors (Lipinski definition) is 3. The van der Waals surface area contributed by atoms with Crippen molar-refractivity contribution in [3.05, 3.63) is 24.5 Å². The van der Waals surface area contributed by atoms with Gasteiger partial charge in [0.2, 0.25) is 11.8 Å². The number of rotatable bonds is 10. The fraction of sp³-hybridized carbons (Fsp3) is 0.429. The van der Waals surface area contributed by atoms with Crippen LogP contribution >= 0.6 is 11.8 Å². The number of nitrogens with two attached hydrogens (primary N) is 1. The van der Waals surface area contributed by atoms with Crippen LogP contribution in [-0.2, 0) is 9.59 Å². The van der Waals surface area contributed by atoms with E-state index in [9.17, 15) is 9.59 Å². The number of hydrogen-bond acceptors (Lipinski definition) is 6. The fourth-order valence-electron chi connectivity index (χ4n) is 1.88. The molecule has 1 aromatic rings. The minimum Gasteiger partial charge on any atom is -0.368 e. The molecule has 0 saturated heterocycles. The molecule has 4 N–H and O–H groups in total. The quantitative estimate of drug-likeness (QED) is 0.422. The van der Waals surface area contributed by atoms with E-state index in [-0.39, 0.29) is 5.91 Å². The number of amides is 2. The molecule has 0 spiro atoms. The van der Waals surface area contributed by atoms with Gasteiger partial charge in [0.05, 0.1) is 0 Å². The first-order valence-electron chi connectivity index (χ1n) is 6.84. The van der Waals surface area contributed by atoms with E-state index in [1.807, 2.05) is 0 Å². The molecule has 22 heavy (non-hydrogen) atoms. The molecule has 0 saturated carbocycles. The number of nitrogens with one attached hydrogen (secondary N) is 2. The SMILES string of the molecule is CC(=O)N(c1ccncc1)[C@@H](CSCCNCC=N)C(N)=O. The van der Waals surface area contributed by atoms with Crippen molar-refractivity contribution in [2.45, 2.75) is 13.0 Å². The number of aromatic nitrogens is 1. The summed E-state index contributed by atoms with van der Waals surface area (Å²) in [6, 6.07) is 2.65. The monoisotopic (exact) mass is 323 g/mol. The van der Waals surface area contributed by atoms with Crippen LogP contribution in [0.2, 0.25) is 0 Å². The lowest BCUT2D eigenvalue weighted by atomic mass is 10.2. The Labute approximate surface area is 134 Å². The highest BCUT2D eigenvalue weighted by Crippen LogP contribution is 2.18. The van der Waals surface area contributed by atoms with Crippen molar-refractivity contribution in [3.8, 4) is 0 Å². The maximum Gasteiger partial charge on any atom is 0.241 e. The van der Waals surface area contributed by atoms with Gasteiger partial charge in [-0.25, -0.2) is 0 Å². The summed E-state index contributed by atoms with van der Waals surface area (Å²) in [5.41, 5.74) is 6.07. The second kappa shape index (κ2) is 9.91. The second-order valence-corrected chi connectivity index (χ2v) is 5.65. The Morgan fingerprint density at radius 1 is 1.50 bits per heavy atom. The summed E-state index contributed by atoms with van der Waals surface area (Å²) in [6.07, 6.45) is 4.42. The maximum absolute atomic E-state index is 11.9. The molecule has 0 aliphatic heterocycles. The molecule has 0 aliphatic rings. The molecule has 120 valence electrons. The number of anilines is 1. The fourth-order valence-corrected chi connectivity index (χ4v) is 2.88. The van der Waals surface area contributed by atoms with E-state index in [1.165, 1.54) is 29.8 Å². The third kappa shape index (κ3) is 5.82. The minimum atomic E-state index is -0.701. The lowest BCUT2D eigenvalue weighted by Gasteiger charge is -2.28. The number of primary amides is 1. The topological polar surface area (TPSA) is 112 Å². The van der Waals surface area contributed by atoms with Crippen molar-refractivity contribution < 1.29 is 9.59 Å². The molecular formula is C14H21N5O2S. The summed E-state index contributed by atoms with van der Waals surface area (Å²) in [7, 11) is 0. The van der Waals surface area contributed by atoms with E-state index in [4.69, 9.17) is 11.1 Å². The summed E-state index contributed by atoms with van der Waals surface area (Å²) < 4.78 is 0. The maximum atomic E-state index is 11.9. The molecule has 1 aromatic heterocycles. The summed E-state index contributed by atoms with van der Waals surface area (Å²) >= 11 is 1.53. The van der Waals surface area contributed by atoms with Gasteiger partial charge < -0.3 is 16.5 Å². The molecular weight excluding hydrogens is 302 g/mol. The largest absolute Gasteiger partial charge is 0.368 e. The van der Waals surface area contributed by atoms with E-state index in [2.05, 4.69) is 10.3 Å². The Kier molecular flexibility index (Phi) is 8.16. The third-order valence-corrected chi connectivity index (χ3v) is 3.91. The van der Waals surface area contributed by atoms with Crippen molar-refractivity contribution >= 4 is 35.5 Å². The first-order chi connectivity index (χ1) is 10.6. The van der Waals surface area contributed by atoms with Crippen LogP contribution in [-0.4, -0.2) is 53.6 Å². The standard InChI is InChI=1S/C14H21N5O2S/c1-11(20)19(12-2-5-17-6-3-12)13(14(16)21)10-22-9-8-18-7-4-15/h2-6,13,15,18H,7-10H2,1H3,(H2,16,21)/t13-/m0/s1. The zero-order valence-electron chi connectivity index (χ0n) is 12.5. The predicted molar refractivity (Wildman–Crippen MR) is 89.4 cm³/mol. The van der Waals surface area contributed by atoms with Crippen molar-refractivity contribution in [2.24, 2.45) is 5.73 Å². The van der Waals surface area contributed by atoms with Crippen LogP contribution in [0.1, 0.15) is 6.92 Å². The lowest BCUT2D eigenvalue weighted by Crippen LogP contribution is -2.49. The molecule has 8 heteroatoms. The van der Waals surface area contributed by atoms with Crippen LogP contribution in [0.5, 0.6) is 0 Å². The number of carbonyl (C=O) groups excluding carboxylic acids is 2. The summed E-state index contributed by atoms with van der Waals surface area (Å²) in [4.78, 5) is 29.0. The average Bonchev–Trinajstić information content (AvgIpc) is 2.49.